The SMILES string of the molecule is CCN(Cc1ccccc1)C(=O)COC(=O)CCNS(=O)(=O)c1cn(C)c(C)n1. The van der Waals surface area contributed by atoms with Gasteiger partial charge >= 0.3 is 5.97 Å². The summed E-state index contributed by atoms with van der Waals surface area (Å²) >= 11 is 0. The lowest BCUT2D eigenvalue weighted by Crippen LogP contribution is -2.34. The molecule has 0 spiro atoms. The molecule has 0 aliphatic rings. The number of amides is 1. The number of nitrogens with zero attached hydrogens (tertiary/aromatic N) is 3. The highest BCUT2D eigenvalue weighted by atomic mass is 32.2. The van der Waals surface area contributed by atoms with Gasteiger partial charge in [0.25, 0.3) is 15.9 Å². The smallest absolute Gasteiger partial charge is 0.307 e. The minimum absolute atomic E-state index is 0.111. The fraction of sp³-hybridized carbons (Fsp3) is 0.421. The predicted octanol–water partition coefficient (Wildman–Crippen LogP) is 0.989. The van der Waals surface area contributed by atoms with Gasteiger partial charge in [0.05, 0.1) is 6.42 Å². The number of ether oxygens (including phenoxy) is 1. The number of carbonyl (C=O) groups is 2. The molecule has 1 heterocycles. The first-order valence-electron chi connectivity index (χ1n) is 9.20. The highest BCUT2D eigenvalue weighted by molar-refractivity contribution is 7.89. The van der Waals surface area contributed by atoms with E-state index in [9.17, 15) is 18.0 Å². The van der Waals surface area contributed by atoms with Gasteiger partial charge in [-0.1, -0.05) is 30.3 Å². The standard InChI is InChI=1S/C19H26N4O5S/c1-4-23(12-16-8-6-5-7-9-16)18(24)14-28-19(25)10-11-20-29(26,27)17-13-22(3)15(2)21-17/h5-9,13,20H,4,10-12,14H2,1-3H3. The number of carbonyl (C=O) groups excluding carboxylic acids is 2. The van der Waals surface area contributed by atoms with Gasteiger partial charge in [-0.3, -0.25) is 9.59 Å². The molecule has 1 aromatic heterocycles. The van der Waals surface area contributed by atoms with E-state index in [1.54, 1.807) is 23.4 Å². The third-order valence-corrected chi connectivity index (χ3v) is 5.62. The van der Waals surface area contributed by atoms with Crippen LogP contribution < -0.4 is 4.72 Å². The Kier molecular flexibility index (Phi) is 7.91. The van der Waals surface area contributed by atoms with Crippen molar-refractivity contribution in [2.75, 3.05) is 19.7 Å². The minimum Gasteiger partial charge on any atom is -0.456 e. The summed E-state index contributed by atoms with van der Waals surface area (Å²) < 4.78 is 33.2. The summed E-state index contributed by atoms with van der Waals surface area (Å²) in [6, 6.07) is 9.50. The van der Waals surface area contributed by atoms with Crippen molar-refractivity contribution in [2.45, 2.75) is 31.8 Å². The Morgan fingerprint density at radius 1 is 1.24 bits per heavy atom. The van der Waals surface area contributed by atoms with Crippen LogP contribution >= 0.6 is 0 Å². The van der Waals surface area contributed by atoms with Gasteiger partial charge in [0.1, 0.15) is 5.82 Å². The summed E-state index contributed by atoms with van der Waals surface area (Å²) in [6.45, 7) is 3.91. The number of nitrogens with one attached hydrogen (secondary N) is 1. The lowest BCUT2D eigenvalue weighted by Gasteiger charge is -2.20. The third kappa shape index (κ3) is 6.68. The van der Waals surface area contributed by atoms with Gasteiger partial charge in [0, 0.05) is 32.9 Å². The number of aromatic nitrogens is 2. The van der Waals surface area contributed by atoms with Crippen LogP contribution in [0, 0.1) is 6.92 Å². The van der Waals surface area contributed by atoms with E-state index in [-0.39, 0.29) is 30.5 Å². The van der Waals surface area contributed by atoms with Crippen LogP contribution in [0.1, 0.15) is 24.7 Å². The van der Waals surface area contributed by atoms with E-state index < -0.39 is 16.0 Å². The summed E-state index contributed by atoms with van der Waals surface area (Å²) in [7, 11) is -2.12. The number of benzene rings is 1. The van der Waals surface area contributed by atoms with E-state index in [4.69, 9.17) is 4.74 Å². The minimum atomic E-state index is -3.81. The zero-order chi connectivity index (χ0) is 21.4. The molecule has 1 N–H and O–H groups in total. The molecule has 2 aromatic rings. The molecule has 0 aliphatic heterocycles. The normalized spacial score (nSPS) is 11.3. The Morgan fingerprint density at radius 2 is 1.93 bits per heavy atom. The van der Waals surface area contributed by atoms with Gasteiger partial charge < -0.3 is 14.2 Å². The molecular weight excluding hydrogens is 396 g/mol. The van der Waals surface area contributed by atoms with E-state index in [2.05, 4.69) is 9.71 Å². The average molecular weight is 423 g/mol. The summed E-state index contributed by atoms with van der Waals surface area (Å²) in [5.74, 6) is -0.414. The zero-order valence-corrected chi connectivity index (χ0v) is 17.6. The maximum absolute atomic E-state index is 12.3. The zero-order valence-electron chi connectivity index (χ0n) is 16.8. The van der Waals surface area contributed by atoms with Gasteiger partial charge in [-0.2, -0.15) is 0 Å². The molecule has 0 saturated heterocycles. The number of sulfonamides is 1. The largest absolute Gasteiger partial charge is 0.456 e. The molecule has 9 nitrogen and oxygen atoms in total. The molecule has 0 saturated carbocycles. The first kappa shape index (κ1) is 22.6. The number of likely N-dealkylation sites (N-methyl/N-ethyl adjacent to an activating group) is 1. The number of rotatable bonds is 10. The second-order valence-corrected chi connectivity index (χ2v) is 8.15. The third-order valence-electron chi connectivity index (χ3n) is 4.29. The fourth-order valence-corrected chi connectivity index (χ4v) is 3.57. The predicted molar refractivity (Wildman–Crippen MR) is 106 cm³/mol. The lowest BCUT2D eigenvalue weighted by molar-refractivity contribution is -0.152. The van der Waals surface area contributed by atoms with Gasteiger partial charge in [0.2, 0.25) is 0 Å². The van der Waals surface area contributed by atoms with Gasteiger partial charge in [0.15, 0.2) is 11.6 Å². The Hall–Kier alpha value is -2.72. The molecular formula is C19H26N4O5S. The molecule has 1 aromatic carbocycles. The molecule has 0 radical (unpaired) electrons. The van der Waals surface area contributed by atoms with Gasteiger partial charge in [-0.15, -0.1) is 0 Å². The van der Waals surface area contributed by atoms with Crippen molar-refractivity contribution in [2.24, 2.45) is 7.05 Å². The second kappa shape index (κ2) is 10.2. The Labute approximate surface area is 170 Å². The van der Waals surface area contributed by atoms with Crippen LogP contribution in [0.2, 0.25) is 0 Å². The molecule has 0 fully saturated rings. The van der Waals surface area contributed by atoms with Crippen LogP contribution in [0.4, 0.5) is 0 Å². The van der Waals surface area contributed by atoms with Crippen molar-refractivity contribution in [1.29, 1.82) is 0 Å². The summed E-state index contributed by atoms with van der Waals surface area (Å²) in [5.41, 5.74) is 0.980. The molecule has 1 amide bonds. The maximum Gasteiger partial charge on any atom is 0.307 e. The molecule has 29 heavy (non-hydrogen) atoms. The Bertz CT molecular complexity index is 921. The average Bonchev–Trinajstić information content (AvgIpc) is 3.04. The van der Waals surface area contributed by atoms with Crippen LogP contribution in [-0.4, -0.2) is 54.4 Å². The molecule has 0 unspecified atom stereocenters. The highest BCUT2D eigenvalue weighted by Crippen LogP contribution is 2.08. The summed E-state index contributed by atoms with van der Waals surface area (Å²) in [6.07, 6.45) is 1.20. The van der Waals surface area contributed by atoms with Crippen LogP contribution in [0.5, 0.6) is 0 Å². The molecule has 158 valence electrons. The molecule has 0 bridgehead atoms. The van der Waals surface area contributed by atoms with Crippen molar-refractivity contribution in [3.05, 3.63) is 47.9 Å². The van der Waals surface area contributed by atoms with Crippen molar-refractivity contribution in [1.82, 2.24) is 19.2 Å². The summed E-state index contributed by atoms with van der Waals surface area (Å²) in [4.78, 5) is 29.6. The highest BCUT2D eigenvalue weighted by Gasteiger charge is 2.19. The van der Waals surface area contributed by atoms with Crippen LogP contribution in [0.3, 0.4) is 0 Å². The monoisotopic (exact) mass is 422 g/mol. The fourth-order valence-electron chi connectivity index (χ4n) is 2.50. The topological polar surface area (TPSA) is 111 Å². The van der Waals surface area contributed by atoms with Crippen molar-refractivity contribution in [3.63, 3.8) is 0 Å². The van der Waals surface area contributed by atoms with Gasteiger partial charge in [-0.25, -0.2) is 18.1 Å². The van der Waals surface area contributed by atoms with Crippen LogP contribution in [0.25, 0.3) is 0 Å². The van der Waals surface area contributed by atoms with Crippen molar-refractivity contribution >= 4 is 21.9 Å². The Morgan fingerprint density at radius 3 is 2.52 bits per heavy atom. The van der Waals surface area contributed by atoms with Crippen molar-refractivity contribution in [3.8, 4) is 0 Å². The first-order chi connectivity index (χ1) is 13.7. The number of esters is 1. The van der Waals surface area contributed by atoms with E-state index in [1.807, 2.05) is 37.3 Å². The number of imidazole rings is 1. The molecule has 0 atom stereocenters. The molecule has 2 rings (SSSR count). The number of hydrogen-bond acceptors (Lipinski definition) is 6. The molecule has 10 heteroatoms. The van der Waals surface area contributed by atoms with E-state index >= 15 is 0 Å². The number of hydrogen-bond donors (Lipinski definition) is 1. The van der Waals surface area contributed by atoms with E-state index in [0.29, 0.717) is 18.9 Å². The van der Waals surface area contributed by atoms with Crippen molar-refractivity contribution < 1.29 is 22.7 Å². The van der Waals surface area contributed by atoms with E-state index in [0.717, 1.165) is 5.56 Å². The van der Waals surface area contributed by atoms with E-state index in [1.165, 1.54) is 6.20 Å². The quantitative estimate of drug-likeness (QED) is 0.572. The lowest BCUT2D eigenvalue weighted by atomic mass is 10.2. The summed E-state index contributed by atoms with van der Waals surface area (Å²) in [5, 5.41) is -0.111. The first-order valence-corrected chi connectivity index (χ1v) is 10.7. The number of aryl methyl sites for hydroxylation is 2. The second-order valence-electron chi connectivity index (χ2n) is 6.44. The Balaban J connectivity index is 1.76. The van der Waals surface area contributed by atoms with Crippen LogP contribution in [0.15, 0.2) is 41.6 Å². The van der Waals surface area contributed by atoms with Gasteiger partial charge in [-0.05, 0) is 19.4 Å². The molecule has 0 aliphatic carbocycles. The van der Waals surface area contributed by atoms with Crippen LogP contribution in [-0.2, 0) is 37.9 Å². The maximum atomic E-state index is 12.3.